The number of benzene rings is 1. The van der Waals surface area contributed by atoms with Crippen LogP contribution in [-0.4, -0.2) is 29.7 Å². The first-order valence-electron chi connectivity index (χ1n) is 6.29. The normalized spacial score (nSPS) is 18.9. The van der Waals surface area contributed by atoms with Crippen molar-refractivity contribution in [1.82, 2.24) is 4.90 Å². The van der Waals surface area contributed by atoms with E-state index in [1.807, 2.05) is 0 Å². The molecule has 1 fully saturated rings. The van der Waals surface area contributed by atoms with Gasteiger partial charge in [0.2, 0.25) is 0 Å². The minimum absolute atomic E-state index is 0.202. The van der Waals surface area contributed by atoms with Crippen molar-refractivity contribution in [1.29, 1.82) is 0 Å². The van der Waals surface area contributed by atoms with Crippen LogP contribution in [0.25, 0.3) is 0 Å². The van der Waals surface area contributed by atoms with Gasteiger partial charge in [-0.3, -0.25) is 4.90 Å². The van der Waals surface area contributed by atoms with Gasteiger partial charge in [0, 0.05) is 0 Å². The van der Waals surface area contributed by atoms with E-state index in [9.17, 15) is 5.11 Å². The van der Waals surface area contributed by atoms with Gasteiger partial charge in [0.1, 0.15) is 0 Å². The van der Waals surface area contributed by atoms with Crippen molar-refractivity contribution in [3.05, 3.63) is 35.4 Å². The number of aliphatic hydroxyl groups excluding tert-OH is 1. The molecule has 0 aliphatic carbocycles. The van der Waals surface area contributed by atoms with Gasteiger partial charge < -0.3 is 5.11 Å². The Labute approximate surface area is 97.9 Å². The summed E-state index contributed by atoms with van der Waals surface area (Å²) >= 11 is 0. The Morgan fingerprint density at radius 2 is 1.81 bits per heavy atom. The highest BCUT2D eigenvalue weighted by Crippen LogP contribution is 2.24. The predicted octanol–water partition coefficient (Wildman–Crippen LogP) is 2.38. The van der Waals surface area contributed by atoms with Crippen molar-refractivity contribution in [3.8, 4) is 0 Å². The lowest BCUT2D eigenvalue weighted by molar-refractivity contribution is 0.147. The summed E-state index contributed by atoms with van der Waals surface area (Å²) in [7, 11) is 0. The smallest absolute Gasteiger partial charge is 0.0628 e. The van der Waals surface area contributed by atoms with Crippen molar-refractivity contribution >= 4 is 0 Å². The lowest BCUT2D eigenvalue weighted by Crippen LogP contribution is -2.28. The summed E-state index contributed by atoms with van der Waals surface area (Å²) in [5, 5.41) is 9.52. The van der Waals surface area contributed by atoms with Crippen LogP contribution < -0.4 is 0 Å². The maximum atomic E-state index is 9.52. The maximum Gasteiger partial charge on any atom is 0.0628 e. The average molecular weight is 219 g/mol. The maximum absolute atomic E-state index is 9.52. The third-order valence-electron chi connectivity index (χ3n) is 3.53. The van der Waals surface area contributed by atoms with E-state index in [2.05, 4.69) is 36.1 Å². The molecule has 2 rings (SSSR count). The quantitative estimate of drug-likeness (QED) is 0.840. The van der Waals surface area contributed by atoms with Crippen molar-refractivity contribution < 1.29 is 5.11 Å². The molecule has 2 heteroatoms. The highest BCUT2D eigenvalue weighted by Gasteiger charge is 2.22. The molecule has 1 aromatic carbocycles. The second kappa shape index (κ2) is 5.46. The molecule has 0 saturated carbocycles. The lowest BCUT2D eigenvalue weighted by Gasteiger charge is -2.26. The van der Waals surface area contributed by atoms with Gasteiger partial charge in [-0.15, -0.1) is 0 Å². The summed E-state index contributed by atoms with van der Waals surface area (Å²) in [6.07, 6.45) is 3.61. The van der Waals surface area contributed by atoms with Gasteiger partial charge in [-0.25, -0.2) is 0 Å². The second-order valence-corrected chi connectivity index (χ2v) is 4.54. The zero-order valence-corrected chi connectivity index (χ0v) is 10.0. The van der Waals surface area contributed by atoms with Crippen molar-refractivity contribution in [2.45, 2.75) is 32.2 Å². The predicted molar refractivity (Wildman–Crippen MR) is 66.5 cm³/mol. The topological polar surface area (TPSA) is 23.5 Å². The Bertz CT molecular complexity index is 314. The van der Waals surface area contributed by atoms with Crippen LogP contribution in [-0.2, 0) is 6.42 Å². The fourth-order valence-electron chi connectivity index (χ4n) is 2.46. The molecule has 1 aliphatic heterocycles. The molecular formula is C14H21NO. The van der Waals surface area contributed by atoms with E-state index in [4.69, 9.17) is 0 Å². The minimum atomic E-state index is 0.202. The van der Waals surface area contributed by atoms with Crippen LogP contribution in [0.1, 0.15) is 36.9 Å². The number of aliphatic hydroxyl groups is 1. The molecule has 16 heavy (non-hydrogen) atoms. The van der Waals surface area contributed by atoms with Crippen LogP contribution in [0.3, 0.4) is 0 Å². The van der Waals surface area contributed by atoms with Gasteiger partial charge in [-0.1, -0.05) is 31.2 Å². The number of rotatable bonds is 4. The molecule has 0 bridgehead atoms. The highest BCUT2D eigenvalue weighted by atomic mass is 16.3. The van der Waals surface area contributed by atoms with Crippen molar-refractivity contribution in [2.75, 3.05) is 19.7 Å². The van der Waals surface area contributed by atoms with Gasteiger partial charge in [0.15, 0.2) is 0 Å². The number of likely N-dealkylation sites (tertiary alicyclic amines) is 1. The fraction of sp³-hybridized carbons (Fsp3) is 0.571. The molecule has 1 heterocycles. The molecule has 0 radical (unpaired) electrons. The molecule has 0 spiro atoms. The van der Waals surface area contributed by atoms with Gasteiger partial charge in [-0.05, 0) is 43.5 Å². The first-order valence-corrected chi connectivity index (χ1v) is 6.29. The molecule has 1 aromatic rings. The lowest BCUT2D eigenvalue weighted by atomic mass is 10.0. The van der Waals surface area contributed by atoms with Crippen molar-refractivity contribution in [2.24, 2.45) is 0 Å². The SMILES string of the molecule is CCc1ccc([C@@H](CO)N2CCCC2)cc1. The van der Waals surface area contributed by atoms with E-state index >= 15 is 0 Å². The monoisotopic (exact) mass is 219 g/mol. The van der Waals surface area contributed by atoms with E-state index < -0.39 is 0 Å². The molecule has 0 unspecified atom stereocenters. The molecule has 2 nitrogen and oxygen atoms in total. The molecule has 88 valence electrons. The van der Waals surface area contributed by atoms with Gasteiger partial charge in [-0.2, -0.15) is 0 Å². The second-order valence-electron chi connectivity index (χ2n) is 4.54. The fourth-order valence-corrected chi connectivity index (χ4v) is 2.46. The molecule has 1 saturated heterocycles. The van der Waals surface area contributed by atoms with Crippen LogP contribution >= 0.6 is 0 Å². The van der Waals surface area contributed by atoms with E-state index in [1.165, 1.54) is 24.0 Å². The van der Waals surface area contributed by atoms with Gasteiger partial charge in [0.05, 0.1) is 12.6 Å². The Kier molecular flexibility index (Phi) is 3.97. The first-order chi connectivity index (χ1) is 7.85. The highest BCUT2D eigenvalue weighted by molar-refractivity contribution is 5.25. The molecule has 1 N–H and O–H groups in total. The Morgan fingerprint density at radius 1 is 1.19 bits per heavy atom. The van der Waals surface area contributed by atoms with E-state index in [1.54, 1.807) is 0 Å². The van der Waals surface area contributed by atoms with Gasteiger partial charge >= 0.3 is 0 Å². The minimum Gasteiger partial charge on any atom is -0.394 e. The molecule has 1 aliphatic rings. The number of nitrogens with zero attached hydrogens (tertiary/aromatic N) is 1. The third kappa shape index (κ3) is 2.45. The number of aryl methyl sites for hydroxylation is 1. The Balaban J connectivity index is 2.12. The molecule has 1 atom stereocenters. The van der Waals surface area contributed by atoms with Crippen molar-refractivity contribution in [3.63, 3.8) is 0 Å². The first kappa shape index (κ1) is 11.6. The summed E-state index contributed by atoms with van der Waals surface area (Å²) in [4.78, 5) is 2.39. The van der Waals surface area contributed by atoms with E-state index in [-0.39, 0.29) is 12.6 Å². The summed E-state index contributed by atoms with van der Waals surface area (Å²) in [6, 6.07) is 8.88. The summed E-state index contributed by atoms with van der Waals surface area (Å²) in [6.45, 7) is 4.64. The van der Waals surface area contributed by atoms with Crippen LogP contribution in [0.5, 0.6) is 0 Å². The zero-order chi connectivity index (χ0) is 11.4. The van der Waals surface area contributed by atoms with Gasteiger partial charge in [0.25, 0.3) is 0 Å². The Hall–Kier alpha value is -0.860. The number of hydrogen-bond acceptors (Lipinski definition) is 2. The zero-order valence-electron chi connectivity index (χ0n) is 10.0. The molecule has 0 aromatic heterocycles. The number of hydrogen-bond donors (Lipinski definition) is 1. The average Bonchev–Trinajstić information content (AvgIpc) is 2.85. The van der Waals surface area contributed by atoms with E-state index in [0.717, 1.165) is 19.5 Å². The summed E-state index contributed by atoms with van der Waals surface area (Å²) in [5.41, 5.74) is 2.61. The molecule has 0 amide bonds. The molecular weight excluding hydrogens is 198 g/mol. The van der Waals surface area contributed by atoms with E-state index in [0.29, 0.717) is 0 Å². The van der Waals surface area contributed by atoms with Crippen LogP contribution in [0, 0.1) is 0 Å². The standard InChI is InChI=1S/C14H21NO/c1-2-12-5-7-13(8-6-12)14(11-16)15-9-3-4-10-15/h5-8,14,16H,2-4,9-11H2,1H3/t14-/m1/s1. The van der Waals surface area contributed by atoms with Crippen LogP contribution in [0.15, 0.2) is 24.3 Å². The van der Waals surface area contributed by atoms with Crippen LogP contribution in [0.4, 0.5) is 0 Å². The third-order valence-corrected chi connectivity index (χ3v) is 3.53. The largest absolute Gasteiger partial charge is 0.394 e. The summed E-state index contributed by atoms with van der Waals surface area (Å²) < 4.78 is 0. The summed E-state index contributed by atoms with van der Waals surface area (Å²) in [5.74, 6) is 0. The Morgan fingerprint density at radius 3 is 2.31 bits per heavy atom. The van der Waals surface area contributed by atoms with Crippen LogP contribution in [0.2, 0.25) is 0 Å².